The number of rotatable bonds is 3. The van der Waals surface area contributed by atoms with Gasteiger partial charge in [-0.3, -0.25) is 0 Å². The number of hydrogen-bond acceptors (Lipinski definition) is 1. The zero-order valence-electron chi connectivity index (χ0n) is 4.68. The molecule has 0 aliphatic heterocycles. The molecule has 0 spiro atoms. The van der Waals surface area contributed by atoms with Crippen molar-refractivity contribution < 1.29 is 4.74 Å². The second-order valence-corrected chi connectivity index (χ2v) is 1.56. The van der Waals surface area contributed by atoms with Crippen molar-refractivity contribution in [1.29, 1.82) is 0 Å². The molecule has 0 bridgehead atoms. The van der Waals surface area contributed by atoms with Crippen molar-refractivity contribution in [2.75, 3.05) is 6.54 Å². The maximum atomic E-state index is 10.0. The van der Waals surface area contributed by atoms with E-state index in [0.717, 1.165) is 12.8 Å². The fraction of sp³-hybridized carbons (Fsp3) is 0.800. The summed E-state index contributed by atoms with van der Waals surface area (Å²) >= 11 is 0. The normalized spacial score (nSPS) is 8.71. The highest BCUT2D eigenvalue weighted by molar-refractivity contribution is 5.14. The van der Waals surface area contributed by atoms with Crippen LogP contribution in [-0.2, 0) is 0 Å². The standard InChI is InChI=1S/C5H11NO/c1-3-4-5-6(2)7/h2-5H2,1H3. The van der Waals surface area contributed by atoms with Gasteiger partial charge in [0.25, 0.3) is 0 Å². The fourth-order valence-corrected chi connectivity index (χ4v) is 0.334. The monoisotopic (exact) mass is 101 g/mol. The molecule has 0 saturated carbocycles. The number of nitrogens with zero attached hydrogens (tertiary/aromatic N) is 1. The first kappa shape index (κ1) is 6.47. The molecule has 0 rings (SSSR count). The molecule has 0 radical (unpaired) electrons. The van der Waals surface area contributed by atoms with Crippen LogP contribution in [0.3, 0.4) is 0 Å². The molecule has 0 aromatic heterocycles. The van der Waals surface area contributed by atoms with Crippen molar-refractivity contribution in [2.24, 2.45) is 0 Å². The van der Waals surface area contributed by atoms with Gasteiger partial charge in [0.2, 0.25) is 0 Å². The number of hydroxylamine groups is 1. The minimum atomic E-state index is 0.566. The van der Waals surface area contributed by atoms with E-state index >= 15 is 0 Å². The molecule has 0 aliphatic rings. The van der Waals surface area contributed by atoms with Gasteiger partial charge in [0.15, 0.2) is 6.54 Å². The summed E-state index contributed by atoms with van der Waals surface area (Å²) in [6, 6.07) is 0. The fourth-order valence-electron chi connectivity index (χ4n) is 0.334. The second-order valence-electron chi connectivity index (χ2n) is 1.56. The van der Waals surface area contributed by atoms with E-state index in [2.05, 4.69) is 6.72 Å². The van der Waals surface area contributed by atoms with Crippen LogP contribution in [0, 0.1) is 5.21 Å². The minimum absolute atomic E-state index is 0.566. The van der Waals surface area contributed by atoms with E-state index in [0.29, 0.717) is 11.3 Å². The molecule has 2 heteroatoms. The van der Waals surface area contributed by atoms with Gasteiger partial charge in [-0.15, -0.1) is 0 Å². The third kappa shape index (κ3) is 5.47. The smallest absolute Gasteiger partial charge is 0.152 e. The van der Waals surface area contributed by atoms with Crippen LogP contribution in [0.5, 0.6) is 0 Å². The first-order chi connectivity index (χ1) is 3.27. The highest BCUT2D eigenvalue weighted by Crippen LogP contribution is 1.83. The van der Waals surface area contributed by atoms with Gasteiger partial charge in [-0.1, -0.05) is 13.3 Å². The van der Waals surface area contributed by atoms with E-state index < -0.39 is 0 Å². The molecule has 7 heavy (non-hydrogen) atoms. The van der Waals surface area contributed by atoms with Gasteiger partial charge in [-0.05, 0) is 0 Å². The Balaban J connectivity index is 2.82. The Hall–Kier alpha value is -0.530. The number of unbranched alkanes of at least 4 members (excludes halogenated alkanes) is 1. The summed E-state index contributed by atoms with van der Waals surface area (Å²) in [5, 5.41) is 10.0. The minimum Gasteiger partial charge on any atom is -0.624 e. The van der Waals surface area contributed by atoms with Crippen LogP contribution in [0.2, 0.25) is 0 Å². The molecule has 0 aromatic rings. The largest absolute Gasteiger partial charge is 0.624 e. The van der Waals surface area contributed by atoms with Gasteiger partial charge in [0.05, 0.1) is 0 Å². The zero-order chi connectivity index (χ0) is 5.70. The van der Waals surface area contributed by atoms with Gasteiger partial charge in [-0.25, -0.2) is 4.74 Å². The lowest BCUT2D eigenvalue weighted by Gasteiger charge is -1.96. The molecule has 0 atom stereocenters. The van der Waals surface area contributed by atoms with Crippen LogP contribution in [0.15, 0.2) is 0 Å². The van der Waals surface area contributed by atoms with Gasteiger partial charge in [-0.2, -0.15) is 0 Å². The topological polar surface area (TPSA) is 26.1 Å². The summed E-state index contributed by atoms with van der Waals surface area (Å²) in [5.74, 6) is 0. The van der Waals surface area contributed by atoms with Crippen LogP contribution in [0.25, 0.3) is 0 Å². The Morgan fingerprint density at radius 1 is 1.71 bits per heavy atom. The Labute approximate surface area is 44.1 Å². The Morgan fingerprint density at radius 2 is 2.29 bits per heavy atom. The molecule has 0 aromatic carbocycles. The molecule has 0 heterocycles. The van der Waals surface area contributed by atoms with Crippen molar-refractivity contribution >= 4 is 6.72 Å². The van der Waals surface area contributed by atoms with Gasteiger partial charge in [0.1, 0.15) is 6.72 Å². The predicted molar refractivity (Wildman–Crippen MR) is 30.5 cm³/mol. The van der Waals surface area contributed by atoms with E-state index in [9.17, 15) is 5.21 Å². The summed E-state index contributed by atoms with van der Waals surface area (Å²) in [7, 11) is 0. The lowest BCUT2D eigenvalue weighted by molar-refractivity contribution is -0.448. The second kappa shape index (κ2) is 3.65. The quantitative estimate of drug-likeness (QED) is 0.225. The summed E-state index contributed by atoms with van der Waals surface area (Å²) in [6.07, 6.45) is 2.02. The van der Waals surface area contributed by atoms with E-state index in [4.69, 9.17) is 0 Å². The molecule has 42 valence electrons. The molecular weight excluding hydrogens is 90.1 g/mol. The van der Waals surface area contributed by atoms with E-state index in [1.54, 1.807) is 0 Å². The van der Waals surface area contributed by atoms with Crippen molar-refractivity contribution in [3.63, 3.8) is 0 Å². The average Bonchev–Trinajstić information content (AvgIpc) is 1.61. The molecule has 0 fully saturated rings. The van der Waals surface area contributed by atoms with Crippen molar-refractivity contribution in [1.82, 2.24) is 0 Å². The molecule has 0 N–H and O–H groups in total. The molecule has 0 unspecified atom stereocenters. The maximum absolute atomic E-state index is 10.0. The lowest BCUT2D eigenvalue weighted by Crippen LogP contribution is -2.00. The van der Waals surface area contributed by atoms with Crippen LogP contribution in [0.4, 0.5) is 0 Å². The summed E-state index contributed by atoms with van der Waals surface area (Å²) < 4.78 is 0.712. The summed E-state index contributed by atoms with van der Waals surface area (Å²) in [4.78, 5) is 0. The Kier molecular flexibility index (Phi) is 3.38. The molecule has 0 saturated heterocycles. The Morgan fingerprint density at radius 3 is 2.43 bits per heavy atom. The average molecular weight is 101 g/mol. The third-order valence-electron chi connectivity index (χ3n) is 0.761. The molecule has 0 aliphatic carbocycles. The van der Waals surface area contributed by atoms with E-state index in [1.807, 2.05) is 6.92 Å². The van der Waals surface area contributed by atoms with Crippen LogP contribution in [0.1, 0.15) is 19.8 Å². The van der Waals surface area contributed by atoms with Crippen LogP contribution < -0.4 is 0 Å². The Bertz CT molecular complexity index is 61.1. The first-order valence-corrected chi connectivity index (χ1v) is 2.52. The van der Waals surface area contributed by atoms with E-state index in [-0.39, 0.29) is 0 Å². The van der Waals surface area contributed by atoms with Gasteiger partial charge < -0.3 is 5.21 Å². The molecular formula is C5H11NO. The van der Waals surface area contributed by atoms with Crippen molar-refractivity contribution in [3.8, 4) is 0 Å². The number of hydrogen-bond donors (Lipinski definition) is 0. The summed E-state index contributed by atoms with van der Waals surface area (Å²) in [5.41, 5.74) is 0. The third-order valence-corrected chi connectivity index (χ3v) is 0.761. The van der Waals surface area contributed by atoms with Crippen molar-refractivity contribution in [2.45, 2.75) is 19.8 Å². The van der Waals surface area contributed by atoms with E-state index in [1.165, 1.54) is 0 Å². The first-order valence-electron chi connectivity index (χ1n) is 2.52. The van der Waals surface area contributed by atoms with Gasteiger partial charge >= 0.3 is 0 Å². The zero-order valence-corrected chi connectivity index (χ0v) is 4.68. The molecule has 0 amide bonds. The predicted octanol–water partition coefficient (Wildman–Crippen LogP) is 0.997. The lowest BCUT2D eigenvalue weighted by atomic mass is 10.3. The highest BCUT2D eigenvalue weighted by Gasteiger charge is 1.83. The van der Waals surface area contributed by atoms with Gasteiger partial charge in [0, 0.05) is 6.42 Å². The maximum Gasteiger partial charge on any atom is 0.152 e. The SMILES string of the molecule is C=[N+]([O-])CCCC. The molecule has 2 nitrogen and oxygen atoms in total. The van der Waals surface area contributed by atoms with Crippen molar-refractivity contribution in [3.05, 3.63) is 5.21 Å². The van der Waals surface area contributed by atoms with Crippen LogP contribution in [-0.4, -0.2) is 18.0 Å². The summed E-state index contributed by atoms with van der Waals surface area (Å²) in [6.45, 7) is 5.76. The highest BCUT2D eigenvalue weighted by atomic mass is 16.5. The van der Waals surface area contributed by atoms with Crippen LogP contribution >= 0.6 is 0 Å².